The minimum Gasteiger partial charge on any atom is -0.453 e. The first-order valence-electron chi connectivity index (χ1n) is 18.9. The summed E-state index contributed by atoms with van der Waals surface area (Å²) in [4.78, 5) is 75.2. The molecule has 0 radical (unpaired) electrons. The average molecular weight is 770 g/mol. The molecule has 3 aliphatic rings. The third-order valence-electron chi connectivity index (χ3n) is 10.5. The molecule has 1 aromatic carbocycles. The van der Waals surface area contributed by atoms with E-state index in [1.807, 2.05) is 52.0 Å². The number of ether oxygens (including phenoxy) is 4. The zero-order valence-electron chi connectivity index (χ0n) is 32.3. The molecule has 7 rings (SSSR count). The van der Waals surface area contributed by atoms with Crippen molar-refractivity contribution >= 4 is 24.0 Å². The van der Waals surface area contributed by atoms with Gasteiger partial charge in [-0.3, -0.25) is 9.59 Å². The van der Waals surface area contributed by atoms with Crippen molar-refractivity contribution in [3.8, 4) is 45.6 Å². The van der Waals surface area contributed by atoms with Crippen LogP contribution < -0.4 is 20.1 Å². The number of fused-ring (bicyclic) bond motifs is 2. The number of carbonyl (C=O) groups is 4. The Morgan fingerprint density at radius 1 is 0.696 bits per heavy atom. The first-order valence-corrected chi connectivity index (χ1v) is 18.9. The van der Waals surface area contributed by atoms with E-state index < -0.39 is 24.3 Å². The molecule has 0 saturated carbocycles. The van der Waals surface area contributed by atoms with Gasteiger partial charge in [0.2, 0.25) is 11.8 Å². The standard InChI is InChI=1S/C39H47N9O8/c1-20(2)31(45-38(51)53-5)36(49)47-13-7-9-26(47)33-40-18-24(43-33)22-11-12-28-29(15-22)56-35-30(55-28)16-23(17-42-35)25-19-41-34(44-25)27-10-8-14-48(27)37(50)32(21(3)4)46-39(52)54-6/h11-12,15-21,26-27,31-32H,7-10,13-14H2,1-6H3,(H,40,43)(H,41,44)(H,45,51)(H,46,52)/t26-,27-,31+,32-/m0/s1. The summed E-state index contributed by atoms with van der Waals surface area (Å²) < 4.78 is 22.0. The van der Waals surface area contributed by atoms with E-state index in [-0.39, 0.29) is 35.7 Å². The number of hydrogen-bond donors (Lipinski definition) is 4. The maximum atomic E-state index is 13.6. The van der Waals surface area contributed by atoms with Crippen LogP contribution in [0.1, 0.15) is 77.1 Å². The fourth-order valence-electron chi connectivity index (χ4n) is 7.48. The van der Waals surface area contributed by atoms with E-state index in [0.29, 0.717) is 53.6 Å². The molecule has 4 aromatic rings. The number of alkyl carbamates (subject to hydrolysis) is 2. The Morgan fingerprint density at radius 2 is 1.21 bits per heavy atom. The Balaban J connectivity index is 1.03. The van der Waals surface area contributed by atoms with Gasteiger partial charge in [-0.25, -0.2) is 24.5 Å². The van der Waals surface area contributed by atoms with Crippen LogP contribution in [0.15, 0.2) is 42.9 Å². The number of carbonyl (C=O) groups excluding carboxylic acids is 4. The normalized spacial score (nSPS) is 18.4. The van der Waals surface area contributed by atoms with Crippen molar-refractivity contribution in [1.29, 1.82) is 0 Å². The quantitative estimate of drug-likeness (QED) is 0.133. The van der Waals surface area contributed by atoms with Gasteiger partial charge in [0, 0.05) is 30.4 Å². The van der Waals surface area contributed by atoms with Crippen molar-refractivity contribution < 1.29 is 38.1 Å². The number of pyridine rings is 1. The Kier molecular flexibility index (Phi) is 10.8. The Bertz CT molecular complexity index is 1960. The molecule has 2 saturated heterocycles. The molecule has 0 aliphatic carbocycles. The van der Waals surface area contributed by atoms with Crippen LogP contribution in [-0.4, -0.2) is 98.1 Å². The van der Waals surface area contributed by atoms with Crippen LogP contribution in [-0.2, 0) is 19.1 Å². The molecule has 56 heavy (non-hydrogen) atoms. The molecule has 4 N–H and O–H groups in total. The first-order chi connectivity index (χ1) is 26.9. The summed E-state index contributed by atoms with van der Waals surface area (Å²) in [7, 11) is 2.55. The van der Waals surface area contributed by atoms with Crippen molar-refractivity contribution in [2.24, 2.45) is 11.8 Å². The number of nitrogens with one attached hydrogen (secondary N) is 4. The lowest BCUT2D eigenvalue weighted by molar-refractivity contribution is -0.136. The lowest BCUT2D eigenvalue weighted by Gasteiger charge is -2.30. The second kappa shape index (κ2) is 15.9. The van der Waals surface area contributed by atoms with Crippen LogP contribution in [0.2, 0.25) is 0 Å². The zero-order valence-corrected chi connectivity index (χ0v) is 32.3. The molecule has 3 aliphatic heterocycles. The van der Waals surface area contributed by atoms with Gasteiger partial charge in [-0.05, 0) is 61.8 Å². The molecule has 296 valence electrons. The van der Waals surface area contributed by atoms with Crippen LogP contribution in [0.4, 0.5) is 9.59 Å². The minimum absolute atomic E-state index is 0.133. The lowest BCUT2D eigenvalue weighted by atomic mass is 10.0. The molecule has 4 atom stereocenters. The van der Waals surface area contributed by atoms with Gasteiger partial charge >= 0.3 is 12.2 Å². The summed E-state index contributed by atoms with van der Waals surface area (Å²) in [5.74, 6) is 2.40. The number of amides is 4. The second-order valence-electron chi connectivity index (χ2n) is 14.9. The number of imidazole rings is 2. The van der Waals surface area contributed by atoms with Gasteiger partial charge < -0.3 is 49.3 Å². The topological polar surface area (TPSA) is 206 Å². The predicted molar refractivity (Wildman–Crippen MR) is 202 cm³/mol. The highest BCUT2D eigenvalue weighted by molar-refractivity contribution is 5.87. The monoisotopic (exact) mass is 769 g/mol. The molecule has 17 heteroatoms. The van der Waals surface area contributed by atoms with Gasteiger partial charge in [0.15, 0.2) is 17.2 Å². The molecule has 3 aromatic heterocycles. The van der Waals surface area contributed by atoms with Crippen LogP contribution in [0.5, 0.6) is 23.1 Å². The highest BCUT2D eigenvalue weighted by Gasteiger charge is 2.39. The van der Waals surface area contributed by atoms with E-state index in [2.05, 4.69) is 35.6 Å². The van der Waals surface area contributed by atoms with Crippen molar-refractivity contribution in [3.05, 3.63) is 54.5 Å². The fourth-order valence-corrected chi connectivity index (χ4v) is 7.48. The number of H-pyrrole nitrogens is 2. The summed E-state index contributed by atoms with van der Waals surface area (Å²) >= 11 is 0. The smallest absolute Gasteiger partial charge is 0.407 e. The van der Waals surface area contributed by atoms with E-state index >= 15 is 0 Å². The average Bonchev–Trinajstić information content (AvgIpc) is 4.03. The molecule has 0 unspecified atom stereocenters. The third kappa shape index (κ3) is 7.57. The Hall–Kier alpha value is -6.13. The van der Waals surface area contributed by atoms with E-state index in [4.69, 9.17) is 18.9 Å². The summed E-state index contributed by atoms with van der Waals surface area (Å²) in [5.41, 5.74) is 2.97. The van der Waals surface area contributed by atoms with Crippen molar-refractivity contribution in [1.82, 2.24) is 45.4 Å². The number of likely N-dealkylation sites (tertiary alicyclic amines) is 2. The van der Waals surface area contributed by atoms with Crippen LogP contribution in [0.25, 0.3) is 22.5 Å². The highest BCUT2D eigenvalue weighted by Crippen LogP contribution is 2.46. The SMILES string of the molecule is COC(=O)N[C@H](C(=O)N1CCC[C@H]1c1ncc(-c2cnc3c(c2)Oc2ccc(-c4cnc([C@@H]5CCCN5C(=O)[C@H](NC(=O)OC)C(C)C)[nH]4)cc2O3)[nH]1)C(C)C. The van der Waals surface area contributed by atoms with Gasteiger partial charge in [-0.2, -0.15) is 0 Å². The maximum absolute atomic E-state index is 13.6. The molecule has 17 nitrogen and oxygen atoms in total. The van der Waals surface area contributed by atoms with Crippen LogP contribution in [0.3, 0.4) is 0 Å². The number of methoxy groups -OCH3 is 2. The number of rotatable bonds is 10. The van der Waals surface area contributed by atoms with Gasteiger partial charge in [-0.15, -0.1) is 0 Å². The Labute approximate surface area is 323 Å². The number of benzene rings is 1. The summed E-state index contributed by atoms with van der Waals surface area (Å²) in [5, 5.41) is 5.35. The third-order valence-corrected chi connectivity index (χ3v) is 10.5. The first kappa shape index (κ1) is 38.2. The van der Waals surface area contributed by atoms with E-state index in [1.165, 1.54) is 14.2 Å². The predicted octanol–water partition coefficient (Wildman–Crippen LogP) is 5.85. The molecule has 0 spiro atoms. The molecular formula is C39H47N9O8. The van der Waals surface area contributed by atoms with E-state index in [0.717, 1.165) is 42.5 Å². The fraction of sp³-hybridized carbons (Fsp3) is 0.462. The largest absolute Gasteiger partial charge is 0.453 e. The number of nitrogens with zero attached hydrogens (tertiary/aromatic N) is 5. The van der Waals surface area contributed by atoms with Crippen LogP contribution in [0, 0.1) is 11.8 Å². The lowest BCUT2D eigenvalue weighted by Crippen LogP contribution is -2.51. The number of aromatic nitrogens is 5. The van der Waals surface area contributed by atoms with Gasteiger partial charge in [0.1, 0.15) is 23.7 Å². The summed E-state index contributed by atoms with van der Waals surface area (Å²) in [6, 6.07) is 5.39. The summed E-state index contributed by atoms with van der Waals surface area (Å²) in [6.45, 7) is 8.63. The molecule has 0 bridgehead atoms. The Morgan fingerprint density at radius 3 is 1.73 bits per heavy atom. The van der Waals surface area contributed by atoms with Gasteiger partial charge in [0.05, 0.1) is 50.1 Å². The highest BCUT2D eigenvalue weighted by atomic mass is 16.6. The van der Waals surface area contributed by atoms with E-state index in [1.54, 1.807) is 28.4 Å². The summed E-state index contributed by atoms with van der Waals surface area (Å²) in [6.07, 6.45) is 6.89. The minimum atomic E-state index is -0.725. The van der Waals surface area contributed by atoms with Crippen molar-refractivity contribution in [2.75, 3.05) is 27.3 Å². The number of hydrogen-bond acceptors (Lipinski definition) is 11. The van der Waals surface area contributed by atoms with Gasteiger partial charge in [0.25, 0.3) is 5.88 Å². The van der Waals surface area contributed by atoms with E-state index in [9.17, 15) is 19.2 Å². The van der Waals surface area contributed by atoms with Gasteiger partial charge in [-0.1, -0.05) is 27.7 Å². The molecule has 4 amide bonds. The molecular weight excluding hydrogens is 722 g/mol. The molecule has 2 fully saturated rings. The second-order valence-corrected chi connectivity index (χ2v) is 14.9. The maximum Gasteiger partial charge on any atom is 0.407 e. The number of aromatic amines is 2. The zero-order chi connectivity index (χ0) is 39.7. The van der Waals surface area contributed by atoms with Crippen LogP contribution >= 0.6 is 0 Å². The molecule has 6 heterocycles. The van der Waals surface area contributed by atoms with Crippen molar-refractivity contribution in [2.45, 2.75) is 77.5 Å². The van der Waals surface area contributed by atoms with Crippen molar-refractivity contribution in [3.63, 3.8) is 0 Å².